The lowest BCUT2D eigenvalue weighted by Gasteiger charge is -2.08. The minimum atomic E-state index is -0.780. The van der Waals surface area contributed by atoms with Crippen LogP contribution in [0.5, 0.6) is 5.75 Å². The smallest absolute Gasteiger partial charge is 0.338 e. The molecule has 0 aliphatic rings. The predicted octanol–water partition coefficient (Wildman–Crippen LogP) is 4.47. The molecule has 0 aliphatic carbocycles. The van der Waals surface area contributed by atoms with E-state index in [-0.39, 0.29) is 41.1 Å². The molecule has 1 aromatic rings. The second-order valence-electron chi connectivity index (χ2n) is 4.98. The van der Waals surface area contributed by atoms with Crippen LogP contribution >= 0.6 is 0 Å². The van der Waals surface area contributed by atoms with Crippen LogP contribution in [0.3, 0.4) is 0 Å². The number of ether oxygens (including phenoxy) is 2. The third-order valence-electron chi connectivity index (χ3n) is 3.04. The van der Waals surface area contributed by atoms with Crippen molar-refractivity contribution < 1.29 is 27.8 Å². The van der Waals surface area contributed by atoms with Crippen molar-refractivity contribution in [2.24, 2.45) is 0 Å². The number of carbonyl (C=O) groups excluding carboxylic acids is 2. The standard InChI is InChI=1S/C18H18F2O4/c1-5-17(24-18(22)11(2)3)16(20)8-12(4)14-7-6-13(23-10-21)9-15(14)19/h6-10H,2,5H2,1,3-4H3/b12-8+,17-16-. The molecular formula is C18H18F2O4. The van der Waals surface area contributed by atoms with Crippen molar-refractivity contribution in [3.63, 3.8) is 0 Å². The molecule has 0 fully saturated rings. The van der Waals surface area contributed by atoms with E-state index in [1.54, 1.807) is 6.92 Å². The maximum Gasteiger partial charge on any atom is 0.338 e. The van der Waals surface area contributed by atoms with Gasteiger partial charge in [0.05, 0.1) is 0 Å². The van der Waals surface area contributed by atoms with Crippen LogP contribution in [0.2, 0.25) is 0 Å². The van der Waals surface area contributed by atoms with E-state index in [4.69, 9.17) is 4.74 Å². The molecular weight excluding hydrogens is 318 g/mol. The van der Waals surface area contributed by atoms with E-state index in [9.17, 15) is 18.4 Å². The molecule has 6 heteroatoms. The van der Waals surface area contributed by atoms with E-state index in [1.807, 2.05) is 0 Å². The van der Waals surface area contributed by atoms with Gasteiger partial charge in [-0.1, -0.05) is 13.5 Å². The first-order chi connectivity index (χ1) is 11.3. The Labute approximate surface area is 139 Å². The van der Waals surface area contributed by atoms with E-state index in [2.05, 4.69) is 11.3 Å². The van der Waals surface area contributed by atoms with E-state index in [0.717, 1.165) is 12.1 Å². The quantitative estimate of drug-likeness (QED) is 0.242. The molecule has 4 nitrogen and oxygen atoms in total. The summed E-state index contributed by atoms with van der Waals surface area (Å²) in [6, 6.07) is 3.76. The van der Waals surface area contributed by atoms with E-state index in [0.29, 0.717) is 0 Å². The number of hydrogen-bond donors (Lipinski definition) is 0. The number of allylic oxidation sites excluding steroid dienone is 4. The van der Waals surface area contributed by atoms with Crippen molar-refractivity contribution in [1.82, 2.24) is 0 Å². The lowest BCUT2D eigenvalue weighted by molar-refractivity contribution is -0.135. The molecule has 0 radical (unpaired) electrons. The lowest BCUT2D eigenvalue weighted by atomic mass is 10.1. The molecule has 1 rings (SSSR count). The summed E-state index contributed by atoms with van der Waals surface area (Å²) in [7, 11) is 0. The molecule has 0 unspecified atom stereocenters. The van der Waals surface area contributed by atoms with Gasteiger partial charge in [0.15, 0.2) is 5.83 Å². The van der Waals surface area contributed by atoms with Gasteiger partial charge in [0.1, 0.15) is 17.3 Å². The van der Waals surface area contributed by atoms with Crippen LogP contribution in [0.15, 0.2) is 48.0 Å². The second-order valence-corrected chi connectivity index (χ2v) is 4.98. The van der Waals surface area contributed by atoms with Crippen molar-refractivity contribution >= 4 is 18.0 Å². The molecule has 0 saturated heterocycles. The molecule has 24 heavy (non-hydrogen) atoms. The summed E-state index contributed by atoms with van der Waals surface area (Å²) in [5, 5.41) is 0. The van der Waals surface area contributed by atoms with Gasteiger partial charge in [0.2, 0.25) is 0 Å². The molecule has 0 bridgehead atoms. The fraction of sp³-hybridized carbons (Fsp3) is 0.222. The molecule has 0 aliphatic heterocycles. The first-order valence-corrected chi connectivity index (χ1v) is 7.15. The van der Waals surface area contributed by atoms with Crippen LogP contribution < -0.4 is 4.74 Å². The van der Waals surface area contributed by atoms with Crippen molar-refractivity contribution in [3.05, 3.63) is 59.4 Å². The van der Waals surface area contributed by atoms with Gasteiger partial charge in [0, 0.05) is 23.6 Å². The highest BCUT2D eigenvalue weighted by Crippen LogP contribution is 2.25. The maximum atomic E-state index is 14.3. The van der Waals surface area contributed by atoms with E-state index < -0.39 is 17.6 Å². The molecule has 0 amide bonds. The van der Waals surface area contributed by atoms with E-state index >= 15 is 0 Å². The molecule has 128 valence electrons. The van der Waals surface area contributed by atoms with Gasteiger partial charge in [-0.05, 0) is 37.6 Å². The lowest BCUT2D eigenvalue weighted by Crippen LogP contribution is -2.05. The zero-order valence-corrected chi connectivity index (χ0v) is 13.7. The third kappa shape index (κ3) is 5.15. The molecule has 0 aromatic heterocycles. The normalized spacial score (nSPS) is 12.3. The van der Waals surface area contributed by atoms with Crippen LogP contribution in [0.4, 0.5) is 8.78 Å². The summed E-state index contributed by atoms with van der Waals surface area (Å²) in [6.07, 6.45) is 1.21. The van der Waals surface area contributed by atoms with Crippen molar-refractivity contribution in [2.75, 3.05) is 0 Å². The van der Waals surface area contributed by atoms with E-state index in [1.165, 1.54) is 26.0 Å². The van der Waals surface area contributed by atoms with Crippen LogP contribution in [0.25, 0.3) is 5.57 Å². The summed E-state index contributed by atoms with van der Waals surface area (Å²) < 4.78 is 37.7. The molecule has 0 heterocycles. The van der Waals surface area contributed by atoms with Crippen LogP contribution in [-0.2, 0) is 14.3 Å². The summed E-state index contributed by atoms with van der Waals surface area (Å²) >= 11 is 0. The largest absolute Gasteiger partial charge is 0.429 e. The number of rotatable bonds is 7. The van der Waals surface area contributed by atoms with Crippen LogP contribution in [-0.4, -0.2) is 12.4 Å². The Morgan fingerprint density at radius 2 is 2.00 bits per heavy atom. The Balaban J connectivity index is 3.13. The average Bonchev–Trinajstić information content (AvgIpc) is 2.52. The molecule has 1 aromatic carbocycles. The summed E-state index contributed by atoms with van der Waals surface area (Å²) in [6.45, 7) is 8.19. The van der Waals surface area contributed by atoms with Crippen LogP contribution in [0.1, 0.15) is 32.8 Å². The average molecular weight is 336 g/mol. The van der Waals surface area contributed by atoms with Gasteiger partial charge in [-0.2, -0.15) is 0 Å². The summed E-state index contributed by atoms with van der Waals surface area (Å²) in [5.41, 5.74) is 0.552. The molecule has 0 atom stereocenters. The van der Waals surface area contributed by atoms with Crippen LogP contribution in [0, 0.1) is 5.82 Å². The Kier molecular flexibility index (Phi) is 7.04. The Hall–Kier alpha value is -2.76. The highest BCUT2D eigenvalue weighted by Gasteiger charge is 2.13. The summed E-state index contributed by atoms with van der Waals surface area (Å²) in [4.78, 5) is 21.7. The Morgan fingerprint density at radius 1 is 1.33 bits per heavy atom. The van der Waals surface area contributed by atoms with Gasteiger partial charge in [-0.25, -0.2) is 13.6 Å². The van der Waals surface area contributed by atoms with Gasteiger partial charge in [-0.3, -0.25) is 4.79 Å². The number of esters is 1. The number of carbonyl (C=O) groups is 2. The highest BCUT2D eigenvalue weighted by molar-refractivity contribution is 5.87. The number of benzene rings is 1. The van der Waals surface area contributed by atoms with Gasteiger partial charge in [-0.15, -0.1) is 0 Å². The predicted molar refractivity (Wildman–Crippen MR) is 86.1 cm³/mol. The first kappa shape index (κ1) is 19.3. The second kappa shape index (κ2) is 8.76. The number of hydrogen-bond acceptors (Lipinski definition) is 4. The van der Waals surface area contributed by atoms with Gasteiger partial charge < -0.3 is 9.47 Å². The minimum Gasteiger partial charge on any atom is -0.429 e. The molecule has 0 saturated carbocycles. The van der Waals surface area contributed by atoms with Gasteiger partial charge >= 0.3 is 5.97 Å². The van der Waals surface area contributed by atoms with Crippen molar-refractivity contribution in [1.29, 1.82) is 0 Å². The third-order valence-corrected chi connectivity index (χ3v) is 3.04. The topological polar surface area (TPSA) is 52.6 Å². The zero-order chi connectivity index (χ0) is 18.3. The fourth-order valence-corrected chi connectivity index (χ4v) is 1.78. The first-order valence-electron chi connectivity index (χ1n) is 7.15. The fourth-order valence-electron chi connectivity index (χ4n) is 1.78. The highest BCUT2D eigenvalue weighted by atomic mass is 19.1. The SMILES string of the molecule is C=C(C)C(=O)O/C(CC)=C(F)/C=C(\C)c1ccc(OC=O)cc1F. The Morgan fingerprint density at radius 3 is 2.50 bits per heavy atom. The monoisotopic (exact) mass is 336 g/mol. The molecule has 0 spiro atoms. The summed E-state index contributed by atoms with van der Waals surface area (Å²) in [5.74, 6) is -2.30. The Bertz CT molecular complexity index is 718. The molecule has 0 N–H and O–H groups in total. The maximum absolute atomic E-state index is 14.3. The van der Waals surface area contributed by atoms with Crippen molar-refractivity contribution in [2.45, 2.75) is 27.2 Å². The van der Waals surface area contributed by atoms with Gasteiger partial charge in [0.25, 0.3) is 6.47 Å². The van der Waals surface area contributed by atoms with Crippen molar-refractivity contribution in [3.8, 4) is 5.75 Å². The zero-order valence-electron chi connectivity index (χ0n) is 13.7. The number of halogens is 2. The minimum absolute atomic E-state index is 0.0414.